The number of hydrogen-bond acceptors (Lipinski definition) is 5. The molecule has 0 aromatic heterocycles. The number of piperazine rings is 1. The molecule has 3 aliphatic heterocycles. The first kappa shape index (κ1) is 19.9. The molecular weight excluding hydrogens is 394 g/mol. The van der Waals surface area contributed by atoms with Crippen LogP contribution in [0.1, 0.15) is 24.5 Å². The van der Waals surface area contributed by atoms with Crippen LogP contribution in [0.25, 0.3) is 0 Å². The van der Waals surface area contributed by atoms with Crippen LogP contribution in [-0.4, -0.2) is 60.6 Å². The molecule has 1 unspecified atom stereocenters. The Morgan fingerprint density at radius 3 is 2.58 bits per heavy atom. The van der Waals surface area contributed by atoms with Crippen LogP contribution in [-0.2, 0) is 22.6 Å². The van der Waals surface area contributed by atoms with E-state index in [4.69, 9.17) is 9.47 Å². The van der Waals surface area contributed by atoms with Crippen molar-refractivity contribution in [2.45, 2.75) is 32.4 Å². The highest BCUT2D eigenvalue weighted by atomic mass is 16.7. The molecule has 1 saturated heterocycles. The van der Waals surface area contributed by atoms with E-state index >= 15 is 0 Å². The Balaban J connectivity index is 1.22. The van der Waals surface area contributed by atoms with Crippen molar-refractivity contribution < 1.29 is 19.1 Å². The molecule has 0 spiro atoms. The lowest BCUT2D eigenvalue weighted by atomic mass is 10.1. The minimum absolute atomic E-state index is 0.00439. The molecule has 2 aromatic rings. The van der Waals surface area contributed by atoms with E-state index in [9.17, 15) is 9.59 Å². The van der Waals surface area contributed by atoms with Crippen LogP contribution in [0.15, 0.2) is 42.5 Å². The lowest BCUT2D eigenvalue weighted by Gasteiger charge is -2.37. The maximum atomic E-state index is 13.4. The van der Waals surface area contributed by atoms with Gasteiger partial charge in [-0.2, -0.15) is 0 Å². The van der Waals surface area contributed by atoms with E-state index in [0.29, 0.717) is 25.9 Å². The Morgan fingerprint density at radius 2 is 1.77 bits per heavy atom. The molecule has 5 rings (SSSR count). The van der Waals surface area contributed by atoms with Gasteiger partial charge in [-0.1, -0.05) is 31.2 Å². The predicted octanol–water partition coefficient (Wildman–Crippen LogP) is 2.43. The Hall–Kier alpha value is -3.06. The number of amides is 2. The monoisotopic (exact) mass is 421 g/mol. The Kier molecular flexibility index (Phi) is 5.28. The summed E-state index contributed by atoms with van der Waals surface area (Å²) in [7, 11) is 0. The van der Waals surface area contributed by atoms with E-state index in [1.54, 1.807) is 4.90 Å². The van der Waals surface area contributed by atoms with Crippen molar-refractivity contribution in [3.05, 3.63) is 53.6 Å². The normalized spacial score (nSPS) is 20.1. The third kappa shape index (κ3) is 3.74. The summed E-state index contributed by atoms with van der Waals surface area (Å²) in [6.45, 7) is 5.90. The van der Waals surface area contributed by atoms with Crippen molar-refractivity contribution in [2.24, 2.45) is 0 Å². The van der Waals surface area contributed by atoms with Gasteiger partial charge in [0.15, 0.2) is 11.5 Å². The third-order valence-corrected chi connectivity index (χ3v) is 6.36. The summed E-state index contributed by atoms with van der Waals surface area (Å²) >= 11 is 0. The van der Waals surface area contributed by atoms with Gasteiger partial charge in [0.05, 0.1) is 0 Å². The first-order valence-corrected chi connectivity index (χ1v) is 10.9. The number of rotatable bonds is 4. The molecule has 2 aromatic carbocycles. The van der Waals surface area contributed by atoms with Crippen LogP contribution in [0.3, 0.4) is 0 Å². The minimum Gasteiger partial charge on any atom is -0.454 e. The lowest BCUT2D eigenvalue weighted by Crippen LogP contribution is -2.55. The van der Waals surface area contributed by atoms with Crippen molar-refractivity contribution in [1.29, 1.82) is 0 Å². The highest BCUT2D eigenvalue weighted by Gasteiger charge is 2.40. The van der Waals surface area contributed by atoms with E-state index in [-0.39, 0.29) is 18.6 Å². The van der Waals surface area contributed by atoms with E-state index in [1.807, 2.05) is 48.2 Å². The number of benzene rings is 2. The molecule has 0 saturated carbocycles. The Labute approximate surface area is 182 Å². The number of fused-ring (bicyclic) bond motifs is 2. The van der Waals surface area contributed by atoms with Gasteiger partial charge in [-0.3, -0.25) is 19.4 Å². The number of nitrogens with zero attached hydrogens (tertiary/aromatic N) is 3. The second-order valence-electron chi connectivity index (χ2n) is 8.25. The molecule has 3 heterocycles. The average molecular weight is 421 g/mol. The largest absolute Gasteiger partial charge is 0.454 e. The SMILES string of the molecule is CCC(=O)N1c2ccccc2CC1C(=O)N1CCN(Cc2ccc3c(c2)OCO3)CC1. The van der Waals surface area contributed by atoms with Gasteiger partial charge in [0, 0.05) is 51.3 Å². The molecule has 31 heavy (non-hydrogen) atoms. The van der Waals surface area contributed by atoms with Gasteiger partial charge in [0.1, 0.15) is 6.04 Å². The van der Waals surface area contributed by atoms with Crippen LogP contribution in [0.5, 0.6) is 11.5 Å². The van der Waals surface area contributed by atoms with E-state index in [2.05, 4.69) is 11.0 Å². The van der Waals surface area contributed by atoms with Crippen molar-refractivity contribution >= 4 is 17.5 Å². The molecule has 7 nitrogen and oxygen atoms in total. The molecule has 1 fully saturated rings. The first-order valence-electron chi connectivity index (χ1n) is 10.9. The highest BCUT2D eigenvalue weighted by molar-refractivity contribution is 6.03. The molecule has 3 aliphatic rings. The summed E-state index contributed by atoms with van der Waals surface area (Å²) < 4.78 is 10.9. The fourth-order valence-electron chi connectivity index (χ4n) is 4.70. The molecule has 7 heteroatoms. The van der Waals surface area contributed by atoms with E-state index in [0.717, 1.165) is 42.4 Å². The predicted molar refractivity (Wildman–Crippen MR) is 116 cm³/mol. The lowest BCUT2D eigenvalue weighted by molar-refractivity contribution is -0.136. The smallest absolute Gasteiger partial charge is 0.246 e. The minimum atomic E-state index is -0.426. The standard InChI is InChI=1S/C24H27N3O4/c1-2-23(28)27-19-6-4-3-5-18(19)14-20(27)24(29)26-11-9-25(10-12-26)15-17-7-8-21-22(13-17)31-16-30-21/h3-8,13,20H,2,9-12,14-16H2,1H3. The zero-order valence-corrected chi connectivity index (χ0v) is 17.8. The van der Waals surface area contributed by atoms with Gasteiger partial charge in [0.25, 0.3) is 0 Å². The Morgan fingerprint density at radius 1 is 1.00 bits per heavy atom. The van der Waals surface area contributed by atoms with Gasteiger partial charge < -0.3 is 14.4 Å². The van der Waals surface area contributed by atoms with E-state index < -0.39 is 6.04 Å². The Bertz CT molecular complexity index is 1000. The van der Waals surface area contributed by atoms with Crippen molar-refractivity contribution in [2.75, 3.05) is 37.9 Å². The zero-order valence-electron chi connectivity index (χ0n) is 17.8. The molecule has 0 radical (unpaired) electrons. The van der Waals surface area contributed by atoms with Crippen molar-refractivity contribution in [1.82, 2.24) is 9.80 Å². The maximum absolute atomic E-state index is 13.4. The maximum Gasteiger partial charge on any atom is 0.246 e. The van der Waals surface area contributed by atoms with Crippen LogP contribution in [0.4, 0.5) is 5.69 Å². The number of para-hydroxylation sites is 1. The van der Waals surface area contributed by atoms with Gasteiger partial charge in [-0.15, -0.1) is 0 Å². The molecule has 0 aliphatic carbocycles. The van der Waals surface area contributed by atoms with Gasteiger partial charge in [-0.25, -0.2) is 0 Å². The second kappa shape index (κ2) is 8.23. The molecule has 162 valence electrons. The summed E-state index contributed by atoms with van der Waals surface area (Å²) in [6, 6.07) is 13.5. The number of carbonyl (C=O) groups excluding carboxylic acids is 2. The zero-order chi connectivity index (χ0) is 21.4. The molecule has 2 amide bonds. The van der Waals surface area contributed by atoms with Gasteiger partial charge in [0.2, 0.25) is 18.6 Å². The number of anilines is 1. The fourth-order valence-corrected chi connectivity index (χ4v) is 4.70. The topological polar surface area (TPSA) is 62.3 Å². The van der Waals surface area contributed by atoms with Crippen LogP contribution in [0, 0.1) is 0 Å². The summed E-state index contributed by atoms with van der Waals surface area (Å²) in [4.78, 5) is 32.0. The molecule has 0 bridgehead atoms. The third-order valence-electron chi connectivity index (χ3n) is 6.36. The summed E-state index contributed by atoms with van der Waals surface area (Å²) in [6.07, 6.45) is 0.986. The summed E-state index contributed by atoms with van der Waals surface area (Å²) in [5.74, 6) is 1.65. The van der Waals surface area contributed by atoms with Crippen molar-refractivity contribution in [3.8, 4) is 11.5 Å². The number of hydrogen-bond donors (Lipinski definition) is 0. The molecular formula is C24H27N3O4. The first-order chi connectivity index (χ1) is 15.1. The summed E-state index contributed by atoms with van der Waals surface area (Å²) in [5.41, 5.74) is 3.13. The summed E-state index contributed by atoms with van der Waals surface area (Å²) in [5, 5.41) is 0. The van der Waals surface area contributed by atoms with Crippen LogP contribution < -0.4 is 14.4 Å². The quantitative estimate of drug-likeness (QED) is 0.759. The number of ether oxygens (including phenoxy) is 2. The molecule has 0 N–H and O–H groups in total. The van der Waals surface area contributed by atoms with Gasteiger partial charge >= 0.3 is 0 Å². The van der Waals surface area contributed by atoms with Crippen LogP contribution in [0.2, 0.25) is 0 Å². The van der Waals surface area contributed by atoms with Crippen molar-refractivity contribution in [3.63, 3.8) is 0 Å². The van der Waals surface area contributed by atoms with Crippen LogP contribution >= 0.6 is 0 Å². The molecule has 1 atom stereocenters. The second-order valence-corrected chi connectivity index (χ2v) is 8.25. The number of carbonyl (C=O) groups is 2. The highest BCUT2D eigenvalue weighted by Crippen LogP contribution is 2.34. The fraction of sp³-hybridized carbons (Fsp3) is 0.417. The average Bonchev–Trinajstić information content (AvgIpc) is 3.43. The van der Waals surface area contributed by atoms with Gasteiger partial charge in [-0.05, 0) is 29.3 Å². The van der Waals surface area contributed by atoms with E-state index in [1.165, 1.54) is 5.56 Å².